The molecular weight excluding hydrogens is 373 g/mol. The lowest BCUT2D eigenvalue weighted by atomic mass is 10.3. The highest BCUT2D eigenvalue weighted by Gasteiger charge is 2.26. The smallest absolute Gasteiger partial charge is 0.390 e. The third-order valence-corrected chi connectivity index (χ3v) is 4.00. The van der Waals surface area contributed by atoms with E-state index in [0.717, 1.165) is 9.25 Å². The number of hydrogen-bond acceptors (Lipinski definition) is 6. The van der Waals surface area contributed by atoms with Crippen LogP contribution >= 0.6 is 0 Å². The summed E-state index contributed by atoms with van der Waals surface area (Å²) in [4.78, 5) is 40.0. The number of nitrogens with zero attached hydrogens (tertiary/aromatic N) is 6. The number of fused-ring (bicyclic) bond motifs is 1. The fraction of sp³-hybridized carbons (Fsp3) is 0.500. The highest BCUT2D eigenvalue weighted by Crippen LogP contribution is 2.21. The van der Waals surface area contributed by atoms with Gasteiger partial charge in [0.2, 0.25) is 5.89 Å². The Kier molecular flexibility index (Phi) is 4.53. The van der Waals surface area contributed by atoms with Crippen molar-refractivity contribution in [2.75, 3.05) is 0 Å². The van der Waals surface area contributed by atoms with Gasteiger partial charge in [-0.2, -0.15) is 17.9 Å². The summed E-state index contributed by atoms with van der Waals surface area (Å²) in [5.41, 5.74) is -0.875. The van der Waals surface area contributed by atoms with E-state index in [1.54, 1.807) is 0 Å². The molecule has 0 radical (unpaired) electrons. The lowest BCUT2D eigenvalue weighted by molar-refractivity contribution is -0.136. The van der Waals surface area contributed by atoms with Gasteiger partial charge in [-0.15, -0.1) is 5.10 Å². The van der Waals surface area contributed by atoms with Crippen LogP contribution in [0.1, 0.15) is 18.7 Å². The van der Waals surface area contributed by atoms with Crippen LogP contribution in [0.25, 0.3) is 11.2 Å². The number of aromatic nitrogens is 6. The second-order valence-corrected chi connectivity index (χ2v) is 5.95. The zero-order valence-electron chi connectivity index (χ0n) is 14.4. The number of aryl methyl sites for hydroxylation is 2. The summed E-state index contributed by atoms with van der Waals surface area (Å²) in [6.07, 6.45) is -4.39. The molecule has 27 heavy (non-hydrogen) atoms. The van der Waals surface area contributed by atoms with Gasteiger partial charge in [-0.3, -0.25) is 13.9 Å². The number of alkyl halides is 3. The molecule has 0 bridgehead atoms. The van der Waals surface area contributed by atoms with Crippen LogP contribution in [0.5, 0.6) is 0 Å². The van der Waals surface area contributed by atoms with Crippen LogP contribution in [0.4, 0.5) is 13.2 Å². The third kappa shape index (κ3) is 3.57. The molecule has 10 nitrogen and oxygen atoms in total. The first-order chi connectivity index (χ1) is 12.6. The van der Waals surface area contributed by atoms with Gasteiger partial charge < -0.3 is 8.98 Å². The van der Waals surface area contributed by atoms with E-state index in [-0.39, 0.29) is 36.6 Å². The lowest BCUT2D eigenvalue weighted by Crippen LogP contribution is -2.37. The van der Waals surface area contributed by atoms with Crippen LogP contribution in [0.15, 0.2) is 25.1 Å². The molecule has 146 valence electrons. The second kappa shape index (κ2) is 6.55. The summed E-state index contributed by atoms with van der Waals surface area (Å²) in [5, 5.41) is 3.85. The van der Waals surface area contributed by atoms with Gasteiger partial charge >= 0.3 is 17.6 Å². The van der Waals surface area contributed by atoms with Gasteiger partial charge in [0.25, 0.3) is 5.56 Å². The maximum Gasteiger partial charge on any atom is 0.437 e. The van der Waals surface area contributed by atoms with Crippen LogP contribution < -0.4 is 17.0 Å². The van der Waals surface area contributed by atoms with E-state index in [9.17, 15) is 27.6 Å². The summed E-state index contributed by atoms with van der Waals surface area (Å²) in [6.45, 7) is -0.395. The minimum absolute atomic E-state index is 0.0952. The van der Waals surface area contributed by atoms with Crippen molar-refractivity contribution in [3.05, 3.63) is 43.6 Å². The molecule has 0 aliphatic carbocycles. The molecule has 0 spiro atoms. The van der Waals surface area contributed by atoms with E-state index in [1.807, 2.05) is 0 Å². The van der Waals surface area contributed by atoms with Crippen molar-refractivity contribution >= 4 is 11.2 Å². The Hall–Kier alpha value is -3.12. The lowest BCUT2D eigenvalue weighted by Gasteiger charge is -2.05. The maximum atomic E-state index is 12.3. The monoisotopic (exact) mass is 388 g/mol. The Balaban J connectivity index is 1.89. The molecule has 3 aromatic heterocycles. The first-order valence-corrected chi connectivity index (χ1v) is 7.83. The van der Waals surface area contributed by atoms with E-state index >= 15 is 0 Å². The molecule has 0 aliphatic rings. The van der Waals surface area contributed by atoms with Gasteiger partial charge in [-0.05, 0) is 6.42 Å². The molecule has 0 amide bonds. The van der Waals surface area contributed by atoms with Gasteiger partial charge in [0.05, 0.1) is 6.33 Å². The van der Waals surface area contributed by atoms with Crippen molar-refractivity contribution in [3.63, 3.8) is 0 Å². The van der Waals surface area contributed by atoms with E-state index in [4.69, 9.17) is 4.42 Å². The van der Waals surface area contributed by atoms with E-state index in [1.165, 1.54) is 29.6 Å². The first-order valence-electron chi connectivity index (χ1n) is 7.83. The van der Waals surface area contributed by atoms with Crippen molar-refractivity contribution in [1.82, 2.24) is 28.5 Å². The van der Waals surface area contributed by atoms with Crippen molar-refractivity contribution in [1.29, 1.82) is 0 Å². The molecule has 3 heterocycles. The molecule has 0 fully saturated rings. The molecule has 0 aromatic carbocycles. The summed E-state index contributed by atoms with van der Waals surface area (Å²) >= 11 is 0. The molecule has 0 atom stereocenters. The first kappa shape index (κ1) is 18.7. The zero-order valence-corrected chi connectivity index (χ0v) is 14.4. The normalized spacial score (nSPS) is 12.2. The highest BCUT2D eigenvalue weighted by molar-refractivity contribution is 5.70. The van der Waals surface area contributed by atoms with Crippen molar-refractivity contribution in [2.45, 2.75) is 32.1 Å². The summed E-state index contributed by atoms with van der Waals surface area (Å²) in [6, 6.07) is 0. The molecule has 0 unspecified atom stereocenters. The Bertz CT molecular complexity index is 1160. The van der Waals surface area contributed by atoms with Crippen LogP contribution in [-0.2, 0) is 27.2 Å². The molecule has 0 N–H and O–H groups in total. The fourth-order valence-electron chi connectivity index (χ4n) is 2.65. The third-order valence-electron chi connectivity index (χ3n) is 4.00. The van der Waals surface area contributed by atoms with E-state index in [2.05, 4.69) is 10.1 Å². The number of halogens is 3. The van der Waals surface area contributed by atoms with Crippen LogP contribution in [0, 0.1) is 0 Å². The molecule has 0 saturated carbocycles. The molecule has 13 heteroatoms. The zero-order chi connectivity index (χ0) is 19.9. The van der Waals surface area contributed by atoms with Crippen LogP contribution in [0.3, 0.4) is 0 Å². The standard InChI is InChI=1S/C14H15F3N6O4/c1-20-10-9(11(24)21(2)12(20)25)22(7-18-10)6-8-19-23(13(26)27-8)5-3-4-14(15,16)17/h7H,3-6H2,1-2H3. The van der Waals surface area contributed by atoms with E-state index < -0.39 is 29.6 Å². The van der Waals surface area contributed by atoms with Gasteiger partial charge in [0.15, 0.2) is 11.2 Å². The fourth-order valence-corrected chi connectivity index (χ4v) is 2.65. The van der Waals surface area contributed by atoms with Gasteiger partial charge in [-0.1, -0.05) is 0 Å². The number of imidazole rings is 1. The maximum absolute atomic E-state index is 12.3. The minimum atomic E-state index is -4.32. The molecule has 0 aliphatic heterocycles. The summed E-state index contributed by atoms with van der Waals surface area (Å²) < 4.78 is 45.8. The number of rotatable bonds is 5. The molecule has 3 rings (SSSR count). The molecule has 0 saturated heterocycles. The minimum Gasteiger partial charge on any atom is -0.390 e. The average molecular weight is 388 g/mol. The summed E-state index contributed by atoms with van der Waals surface area (Å²) in [5.74, 6) is -0.987. The quantitative estimate of drug-likeness (QED) is 0.607. The predicted octanol–water partition coefficient (Wildman–Crippen LogP) is -0.0258. The highest BCUT2D eigenvalue weighted by atomic mass is 19.4. The summed E-state index contributed by atoms with van der Waals surface area (Å²) in [7, 11) is 2.77. The van der Waals surface area contributed by atoms with Crippen molar-refractivity contribution in [2.24, 2.45) is 14.1 Å². The Morgan fingerprint density at radius 3 is 2.52 bits per heavy atom. The predicted molar refractivity (Wildman–Crippen MR) is 85.4 cm³/mol. The largest absolute Gasteiger partial charge is 0.437 e. The topological polar surface area (TPSA) is 110 Å². The number of hydrogen-bond donors (Lipinski definition) is 0. The second-order valence-electron chi connectivity index (χ2n) is 5.95. The Morgan fingerprint density at radius 1 is 1.15 bits per heavy atom. The van der Waals surface area contributed by atoms with Gasteiger partial charge in [0, 0.05) is 27.1 Å². The Labute approximate surface area is 148 Å². The Morgan fingerprint density at radius 2 is 1.85 bits per heavy atom. The van der Waals surface area contributed by atoms with Crippen LogP contribution in [0.2, 0.25) is 0 Å². The average Bonchev–Trinajstić information content (AvgIpc) is 3.14. The van der Waals surface area contributed by atoms with Crippen molar-refractivity contribution < 1.29 is 17.6 Å². The van der Waals surface area contributed by atoms with Gasteiger partial charge in [-0.25, -0.2) is 14.6 Å². The van der Waals surface area contributed by atoms with Gasteiger partial charge in [0.1, 0.15) is 6.54 Å². The SMILES string of the molecule is Cn1c(=O)c2c(ncn2Cc2nn(CCCC(F)(F)F)c(=O)o2)n(C)c1=O. The van der Waals surface area contributed by atoms with Crippen molar-refractivity contribution in [3.8, 4) is 0 Å². The van der Waals surface area contributed by atoms with Crippen LogP contribution in [-0.4, -0.2) is 34.6 Å². The van der Waals surface area contributed by atoms with E-state index in [0.29, 0.717) is 0 Å². The molecular formula is C14H15F3N6O4. The molecule has 3 aromatic rings.